The first-order valence-electron chi connectivity index (χ1n) is 11.3. The maximum atomic E-state index is 6.39. The van der Waals surface area contributed by atoms with E-state index in [1.54, 1.807) is 32.8 Å². The molecule has 0 amide bonds. The second kappa shape index (κ2) is 10.5. The zero-order valence-corrected chi connectivity index (χ0v) is 23.2. The number of halogens is 4. The van der Waals surface area contributed by atoms with E-state index in [9.17, 15) is 0 Å². The van der Waals surface area contributed by atoms with Gasteiger partial charge in [-0.3, -0.25) is 0 Å². The zero-order valence-electron chi connectivity index (χ0n) is 19.3. The van der Waals surface area contributed by atoms with Gasteiger partial charge in [-0.15, -0.1) is 10.2 Å². The molecular weight excluding hydrogens is 586 g/mol. The number of anilines is 1. The van der Waals surface area contributed by atoms with Crippen LogP contribution in [0.5, 0.6) is 0 Å². The van der Waals surface area contributed by atoms with E-state index in [1.807, 2.05) is 60.9 Å². The molecule has 6 aromatic rings. The topological polar surface area (TPSA) is 77.5 Å². The molecule has 0 aliphatic carbocycles. The van der Waals surface area contributed by atoms with Gasteiger partial charge in [0.15, 0.2) is 5.13 Å². The quantitative estimate of drug-likeness (QED) is 0.191. The summed E-state index contributed by atoms with van der Waals surface area (Å²) in [6.07, 6.45) is 3.64. The van der Waals surface area contributed by atoms with Crippen molar-refractivity contribution in [3.8, 4) is 11.4 Å². The smallest absolute Gasteiger partial charge is 0.187 e. The number of thiazole rings is 1. The summed E-state index contributed by atoms with van der Waals surface area (Å²) in [5, 5.41) is 19.8. The van der Waals surface area contributed by atoms with Gasteiger partial charge in [0.1, 0.15) is 11.4 Å². The van der Waals surface area contributed by atoms with E-state index in [0.29, 0.717) is 55.9 Å². The summed E-state index contributed by atoms with van der Waals surface area (Å²) in [5.41, 5.74) is 3.63. The van der Waals surface area contributed by atoms with E-state index in [-0.39, 0.29) is 0 Å². The highest BCUT2D eigenvalue weighted by Gasteiger charge is 2.19. The molecule has 0 saturated heterocycles. The number of benzene rings is 3. The molecule has 0 atom stereocenters. The molecule has 13 heteroatoms. The van der Waals surface area contributed by atoms with Crippen molar-refractivity contribution in [3.05, 3.63) is 105 Å². The molecule has 3 aromatic carbocycles. The molecule has 3 heterocycles. The van der Waals surface area contributed by atoms with Crippen LogP contribution in [-0.4, -0.2) is 35.0 Å². The van der Waals surface area contributed by atoms with Crippen LogP contribution in [0.15, 0.2) is 73.1 Å². The number of fused-ring (bicyclic) bond motifs is 1. The molecule has 8 nitrogen and oxygen atoms in total. The summed E-state index contributed by atoms with van der Waals surface area (Å²) >= 11 is 26.7. The van der Waals surface area contributed by atoms with Crippen LogP contribution in [0.4, 0.5) is 5.13 Å². The molecule has 0 aliphatic heterocycles. The average Bonchev–Trinajstić information content (AvgIpc) is 3.67. The largest absolute Gasteiger partial charge is 0.336 e. The Bertz CT molecular complexity index is 1640. The summed E-state index contributed by atoms with van der Waals surface area (Å²) in [4.78, 5) is 6.92. The Hall–Kier alpha value is -3.21. The first-order valence-corrected chi connectivity index (χ1v) is 13.6. The van der Waals surface area contributed by atoms with Gasteiger partial charge in [0.05, 0.1) is 67.2 Å². The van der Waals surface area contributed by atoms with E-state index in [4.69, 9.17) is 51.4 Å². The standard InChI is InChI=1S/C25H16Cl4N8S/c26-17-5-3-8-20(23(17)28)36-13-15(31-33-36)11-35(25-30-19-7-1-2-10-22(19)38-25)12-16-14-37(34-32-16)21-9-4-6-18(27)24(21)29/h1-10,13-14H,11-12H2. The van der Waals surface area contributed by atoms with Crippen molar-refractivity contribution in [1.29, 1.82) is 0 Å². The Kier molecular flexibility index (Phi) is 6.94. The average molecular weight is 602 g/mol. The van der Waals surface area contributed by atoms with Crippen molar-refractivity contribution in [2.75, 3.05) is 4.90 Å². The Morgan fingerprint density at radius 3 is 1.79 bits per heavy atom. The molecule has 0 saturated carbocycles. The molecule has 0 bridgehead atoms. The molecule has 0 N–H and O–H groups in total. The van der Waals surface area contributed by atoms with Crippen LogP contribution in [-0.2, 0) is 13.1 Å². The van der Waals surface area contributed by atoms with Crippen molar-refractivity contribution in [1.82, 2.24) is 35.0 Å². The lowest BCUT2D eigenvalue weighted by Crippen LogP contribution is -2.22. The van der Waals surface area contributed by atoms with Crippen molar-refractivity contribution >= 4 is 73.1 Å². The van der Waals surface area contributed by atoms with Gasteiger partial charge in [-0.25, -0.2) is 14.3 Å². The normalized spacial score (nSPS) is 11.4. The predicted octanol–water partition coefficient (Wildman–Crippen LogP) is 7.28. The van der Waals surface area contributed by atoms with Crippen molar-refractivity contribution < 1.29 is 0 Å². The molecule has 6 rings (SSSR count). The van der Waals surface area contributed by atoms with Gasteiger partial charge in [-0.05, 0) is 36.4 Å². The van der Waals surface area contributed by atoms with Crippen LogP contribution in [0, 0.1) is 0 Å². The molecule has 0 spiro atoms. The first kappa shape index (κ1) is 25.1. The fourth-order valence-electron chi connectivity index (χ4n) is 3.89. The fourth-order valence-corrected chi connectivity index (χ4v) is 5.62. The lowest BCUT2D eigenvalue weighted by Gasteiger charge is -2.19. The first-order chi connectivity index (χ1) is 18.5. The van der Waals surface area contributed by atoms with E-state index in [0.717, 1.165) is 15.3 Å². The Balaban J connectivity index is 1.32. The number of rotatable bonds is 7. The minimum absolute atomic E-state index is 0.407. The van der Waals surface area contributed by atoms with E-state index < -0.39 is 0 Å². The highest BCUT2D eigenvalue weighted by atomic mass is 35.5. The summed E-state index contributed by atoms with van der Waals surface area (Å²) < 4.78 is 4.30. The summed E-state index contributed by atoms with van der Waals surface area (Å²) in [7, 11) is 0. The van der Waals surface area contributed by atoms with Crippen molar-refractivity contribution in [3.63, 3.8) is 0 Å². The van der Waals surface area contributed by atoms with Crippen LogP contribution in [0.1, 0.15) is 11.4 Å². The van der Waals surface area contributed by atoms with Crippen LogP contribution >= 0.6 is 57.7 Å². The van der Waals surface area contributed by atoms with Gasteiger partial charge in [-0.2, -0.15) is 0 Å². The Labute approximate surface area is 240 Å². The minimum Gasteiger partial charge on any atom is -0.336 e. The SMILES string of the molecule is Clc1cccc(-n2cc(CN(Cc3cn(-c4cccc(Cl)c4Cl)nn3)c3nc4ccccc4s3)nn2)c1Cl. The van der Waals surface area contributed by atoms with Gasteiger partial charge in [-0.1, -0.05) is 92.4 Å². The van der Waals surface area contributed by atoms with Gasteiger partial charge in [0.25, 0.3) is 0 Å². The van der Waals surface area contributed by atoms with Gasteiger partial charge < -0.3 is 4.90 Å². The molecular formula is C25H16Cl4N8S. The third kappa shape index (κ3) is 4.95. The molecule has 3 aromatic heterocycles. The third-order valence-corrected chi connectivity index (χ3v) is 8.41. The molecule has 38 heavy (non-hydrogen) atoms. The number of para-hydroxylation sites is 1. The lowest BCUT2D eigenvalue weighted by molar-refractivity contribution is 0.744. The number of hydrogen-bond acceptors (Lipinski definition) is 7. The highest BCUT2D eigenvalue weighted by Crippen LogP contribution is 2.32. The van der Waals surface area contributed by atoms with Crippen LogP contribution in [0.2, 0.25) is 20.1 Å². The summed E-state index contributed by atoms with van der Waals surface area (Å²) in [6.45, 7) is 0.839. The number of hydrogen-bond donors (Lipinski definition) is 0. The van der Waals surface area contributed by atoms with E-state index >= 15 is 0 Å². The number of aromatic nitrogens is 7. The minimum atomic E-state index is 0.407. The maximum Gasteiger partial charge on any atom is 0.187 e. The molecule has 0 fully saturated rings. The lowest BCUT2D eigenvalue weighted by atomic mass is 10.3. The summed E-state index contributed by atoms with van der Waals surface area (Å²) in [6, 6.07) is 18.7. The molecule has 0 unspecified atom stereocenters. The van der Waals surface area contributed by atoms with Crippen LogP contribution in [0.3, 0.4) is 0 Å². The maximum absolute atomic E-state index is 6.39. The highest BCUT2D eigenvalue weighted by molar-refractivity contribution is 7.22. The van der Waals surface area contributed by atoms with Crippen molar-refractivity contribution in [2.24, 2.45) is 0 Å². The van der Waals surface area contributed by atoms with E-state index in [2.05, 4.69) is 25.5 Å². The van der Waals surface area contributed by atoms with Crippen LogP contribution < -0.4 is 4.90 Å². The molecule has 0 radical (unpaired) electrons. The van der Waals surface area contributed by atoms with Crippen LogP contribution in [0.25, 0.3) is 21.6 Å². The third-order valence-electron chi connectivity index (χ3n) is 5.70. The second-order valence-electron chi connectivity index (χ2n) is 8.28. The van der Waals surface area contributed by atoms with Gasteiger partial charge >= 0.3 is 0 Å². The zero-order chi connectivity index (χ0) is 26.2. The summed E-state index contributed by atoms with van der Waals surface area (Å²) in [5.74, 6) is 0. The number of nitrogens with zero attached hydrogens (tertiary/aromatic N) is 8. The van der Waals surface area contributed by atoms with Gasteiger partial charge in [0.2, 0.25) is 0 Å². The van der Waals surface area contributed by atoms with Crippen molar-refractivity contribution in [2.45, 2.75) is 13.1 Å². The van der Waals surface area contributed by atoms with E-state index in [1.165, 1.54) is 0 Å². The molecule has 0 aliphatic rings. The van der Waals surface area contributed by atoms with Gasteiger partial charge in [0, 0.05) is 0 Å². The molecule has 190 valence electrons. The Morgan fingerprint density at radius 1 is 0.684 bits per heavy atom. The predicted molar refractivity (Wildman–Crippen MR) is 152 cm³/mol. The second-order valence-corrected chi connectivity index (χ2v) is 10.9. The fraction of sp³-hybridized carbons (Fsp3) is 0.0800. The Morgan fingerprint density at radius 2 is 1.24 bits per heavy atom. The monoisotopic (exact) mass is 600 g/mol.